The second-order valence-corrected chi connectivity index (χ2v) is 7.12. The number of aliphatic hydroxyl groups is 1. The van der Waals surface area contributed by atoms with Gasteiger partial charge in [-0.25, -0.2) is 0 Å². The van der Waals surface area contributed by atoms with Crippen LogP contribution in [-0.2, 0) is 9.59 Å². The summed E-state index contributed by atoms with van der Waals surface area (Å²) >= 11 is 5.93. The highest BCUT2D eigenvalue weighted by Crippen LogP contribution is 2.28. The first-order valence-electron chi connectivity index (χ1n) is 8.93. The first kappa shape index (κ1) is 22.4. The number of nitrogens with zero attached hydrogens (tertiary/aromatic N) is 1. The van der Waals surface area contributed by atoms with E-state index in [1.165, 1.54) is 24.0 Å². The van der Waals surface area contributed by atoms with Crippen LogP contribution in [0.25, 0.3) is 0 Å². The molecule has 8 heteroatoms. The van der Waals surface area contributed by atoms with Crippen molar-refractivity contribution >= 4 is 34.9 Å². The Hall–Kier alpha value is -2.90. The maximum atomic E-state index is 12.6. The number of anilines is 1. The van der Waals surface area contributed by atoms with Gasteiger partial charge in [-0.15, -0.1) is 0 Å². The van der Waals surface area contributed by atoms with Gasteiger partial charge in [0, 0.05) is 11.3 Å². The highest BCUT2D eigenvalue weighted by Gasteiger charge is 2.26. The number of aliphatic hydroxyl groups excluding tert-OH is 1. The number of hydrogen-bond donors (Lipinski definition) is 3. The average Bonchev–Trinajstić information content (AvgIpc) is 2.68. The molecule has 0 heterocycles. The number of halogens is 1. The van der Waals surface area contributed by atoms with Gasteiger partial charge < -0.3 is 20.4 Å². The van der Waals surface area contributed by atoms with Gasteiger partial charge in [-0.1, -0.05) is 29.8 Å². The van der Waals surface area contributed by atoms with Crippen LogP contribution in [0.5, 0.6) is 5.75 Å². The van der Waals surface area contributed by atoms with Crippen LogP contribution in [0, 0.1) is 13.8 Å². The van der Waals surface area contributed by atoms with E-state index in [0.29, 0.717) is 11.3 Å². The number of Topliss-reactive ketones (excluding diaryl/α,β-unsaturated/α-hetero) is 1. The summed E-state index contributed by atoms with van der Waals surface area (Å²) in [7, 11) is 0. The van der Waals surface area contributed by atoms with Gasteiger partial charge in [-0.05, 0) is 50.1 Å². The second-order valence-electron chi connectivity index (χ2n) is 6.71. The Morgan fingerprint density at radius 2 is 1.79 bits per heavy atom. The average molecular weight is 419 g/mol. The Morgan fingerprint density at radius 1 is 1.14 bits per heavy atom. The largest absolute Gasteiger partial charge is 0.506 e. The minimum absolute atomic E-state index is 0.0199. The number of carbonyl (C=O) groups excluding carboxylic acids is 3. The fraction of sp³-hybridized carbons (Fsp3) is 0.286. The zero-order valence-electron chi connectivity index (χ0n) is 16.4. The van der Waals surface area contributed by atoms with E-state index in [0.717, 1.165) is 5.56 Å². The van der Waals surface area contributed by atoms with E-state index < -0.39 is 24.5 Å². The summed E-state index contributed by atoms with van der Waals surface area (Å²) in [5.41, 5.74) is 1.91. The first-order valence-corrected chi connectivity index (χ1v) is 9.30. The zero-order valence-corrected chi connectivity index (χ0v) is 17.2. The molecule has 154 valence electrons. The lowest BCUT2D eigenvalue weighted by Gasteiger charge is -2.28. The van der Waals surface area contributed by atoms with Crippen LogP contribution >= 0.6 is 11.6 Å². The van der Waals surface area contributed by atoms with Gasteiger partial charge in [-0.3, -0.25) is 14.4 Å². The number of rotatable bonds is 7. The Labute approximate surface area is 173 Å². The van der Waals surface area contributed by atoms with E-state index in [4.69, 9.17) is 11.6 Å². The van der Waals surface area contributed by atoms with Crippen molar-refractivity contribution < 1.29 is 24.6 Å². The molecule has 2 amide bonds. The maximum Gasteiger partial charge on any atom is 0.252 e. The first-order chi connectivity index (χ1) is 13.6. The molecule has 29 heavy (non-hydrogen) atoms. The van der Waals surface area contributed by atoms with Crippen molar-refractivity contribution in [2.75, 3.05) is 18.1 Å². The minimum atomic E-state index is -1.01. The molecule has 0 aliphatic heterocycles. The lowest BCUT2D eigenvalue weighted by Crippen LogP contribution is -2.50. The Morgan fingerprint density at radius 3 is 2.34 bits per heavy atom. The number of carbonyl (C=O) groups is 3. The highest BCUT2D eigenvalue weighted by atomic mass is 35.5. The smallest absolute Gasteiger partial charge is 0.252 e. The van der Waals surface area contributed by atoms with Crippen molar-refractivity contribution in [2.24, 2.45) is 0 Å². The fourth-order valence-corrected chi connectivity index (χ4v) is 3.12. The zero-order chi connectivity index (χ0) is 21.7. The molecule has 0 aliphatic rings. The molecule has 1 unspecified atom stereocenters. The van der Waals surface area contributed by atoms with Crippen LogP contribution in [0.4, 0.5) is 5.69 Å². The molecule has 2 aromatic carbocycles. The predicted octanol–water partition coefficient (Wildman–Crippen LogP) is 2.38. The number of benzene rings is 2. The van der Waals surface area contributed by atoms with Crippen LogP contribution in [0.2, 0.25) is 5.02 Å². The van der Waals surface area contributed by atoms with Crippen LogP contribution in [0.15, 0.2) is 36.4 Å². The number of amides is 2. The summed E-state index contributed by atoms with van der Waals surface area (Å²) in [6.07, 6.45) is 0. The molecule has 0 saturated carbocycles. The molecule has 3 N–H and O–H groups in total. The van der Waals surface area contributed by atoms with Crippen molar-refractivity contribution in [3.63, 3.8) is 0 Å². The third-order valence-corrected chi connectivity index (χ3v) is 4.81. The van der Waals surface area contributed by atoms with Gasteiger partial charge in [0.1, 0.15) is 18.4 Å². The molecule has 0 bridgehead atoms. The fourth-order valence-electron chi connectivity index (χ4n) is 2.85. The lowest BCUT2D eigenvalue weighted by atomic mass is 10.1. The summed E-state index contributed by atoms with van der Waals surface area (Å²) in [6, 6.07) is 8.79. The van der Waals surface area contributed by atoms with Gasteiger partial charge in [0.2, 0.25) is 0 Å². The number of para-hydroxylation sites is 1. The summed E-state index contributed by atoms with van der Waals surface area (Å²) in [4.78, 5) is 38.4. The number of aryl methyl sites for hydroxylation is 2. The van der Waals surface area contributed by atoms with Crippen molar-refractivity contribution in [2.45, 2.75) is 26.8 Å². The summed E-state index contributed by atoms with van der Waals surface area (Å²) in [5, 5.41) is 21.7. The number of hydrogen-bond acceptors (Lipinski definition) is 5. The number of nitrogens with one attached hydrogen (secondary N) is 1. The van der Waals surface area contributed by atoms with Gasteiger partial charge in [0.05, 0.1) is 11.6 Å². The van der Waals surface area contributed by atoms with Gasteiger partial charge in [0.15, 0.2) is 5.78 Å². The van der Waals surface area contributed by atoms with Crippen molar-refractivity contribution in [1.82, 2.24) is 5.32 Å². The predicted molar refractivity (Wildman–Crippen MR) is 110 cm³/mol. The van der Waals surface area contributed by atoms with E-state index in [2.05, 4.69) is 5.32 Å². The molecule has 0 fully saturated rings. The molecule has 0 spiro atoms. The molecule has 0 radical (unpaired) electrons. The van der Waals surface area contributed by atoms with E-state index in [1.807, 2.05) is 6.07 Å². The number of aromatic hydroxyl groups is 1. The normalized spacial score (nSPS) is 11.6. The molecule has 1 atom stereocenters. The van der Waals surface area contributed by atoms with Crippen molar-refractivity contribution in [3.8, 4) is 5.75 Å². The Kier molecular flexibility index (Phi) is 7.36. The number of phenols is 1. The molecule has 2 aromatic rings. The Bertz CT molecular complexity index is 921. The Balaban J connectivity index is 2.30. The molecule has 0 saturated heterocycles. The van der Waals surface area contributed by atoms with Crippen molar-refractivity contribution in [1.29, 1.82) is 0 Å². The SMILES string of the molecule is CC(=O)C(CN(C(=O)CO)c1ccccc1C)NC(=O)c1cc(C)c(O)c(Cl)c1. The third-order valence-electron chi connectivity index (χ3n) is 4.52. The van der Waals surface area contributed by atoms with Gasteiger partial charge in [0.25, 0.3) is 11.8 Å². The van der Waals surface area contributed by atoms with Crippen molar-refractivity contribution in [3.05, 3.63) is 58.1 Å². The standard InChI is InChI=1S/C21H23ClN2O5/c1-12-6-4-5-7-18(12)24(19(27)11-25)10-17(14(3)26)23-21(29)15-8-13(2)20(28)16(22)9-15/h4-9,17,25,28H,10-11H2,1-3H3,(H,23,29). The number of ketones is 1. The quantitative estimate of drug-likeness (QED) is 0.640. The van der Waals surface area contributed by atoms with E-state index in [-0.39, 0.29) is 28.7 Å². The van der Waals surface area contributed by atoms with E-state index in [1.54, 1.807) is 32.0 Å². The molecule has 0 aliphatic carbocycles. The second kappa shape index (κ2) is 9.54. The lowest BCUT2D eigenvalue weighted by molar-refractivity contribution is -0.121. The van der Waals surface area contributed by atoms with E-state index >= 15 is 0 Å². The third kappa shape index (κ3) is 5.34. The molecule has 2 rings (SSSR count). The van der Waals surface area contributed by atoms with Crippen LogP contribution < -0.4 is 10.2 Å². The minimum Gasteiger partial charge on any atom is -0.506 e. The molecule has 7 nitrogen and oxygen atoms in total. The van der Waals surface area contributed by atoms with Gasteiger partial charge >= 0.3 is 0 Å². The highest BCUT2D eigenvalue weighted by molar-refractivity contribution is 6.32. The monoisotopic (exact) mass is 418 g/mol. The van der Waals surface area contributed by atoms with Crippen LogP contribution in [-0.4, -0.2) is 47.0 Å². The van der Waals surface area contributed by atoms with Gasteiger partial charge in [-0.2, -0.15) is 0 Å². The molecule has 0 aromatic heterocycles. The maximum absolute atomic E-state index is 12.6. The summed E-state index contributed by atoms with van der Waals surface area (Å²) in [6.45, 7) is 3.82. The summed E-state index contributed by atoms with van der Waals surface area (Å²) in [5.74, 6) is -1.64. The van der Waals surface area contributed by atoms with E-state index in [9.17, 15) is 24.6 Å². The summed E-state index contributed by atoms with van der Waals surface area (Å²) < 4.78 is 0. The molecular weight excluding hydrogens is 396 g/mol. The van der Waals surface area contributed by atoms with Crippen LogP contribution in [0.1, 0.15) is 28.4 Å². The number of phenolic OH excluding ortho intramolecular Hbond substituents is 1. The molecular formula is C21H23ClN2O5. The van der Waals surface area contributed by atoms with Crippen LogP contribution in [0.3, 0.4) is 0 Å². The topological polar surface area (TPSA) is 107 Å².